The number of urea groups is 1. The average molecular weight is 333 g/mol. The maximum atomic E-state index is 12.6. The molecule has 6 heteroatoms. The Labute approximate surface area is 144 Å². The first-order valence-corrected chi connectivity index (χ1v) is 8.36. The summed E-state index contributed by atoms with van der Waals surface area (Å²) in [7, 11) is 1.61. The number of anilines is 1. The van der Waals surface area contributed by atoms with E-state index in [-0.39, 0.29) is 30.6 Å². The molecule has 1 aliphatic heterocycles. The number of hydrogen-bond acceptors (Lipinski definition) is 3. The number of rotatable bonds is 6. The van der Waals surface area contributed by atoms with Crippen molar-refractivity contribution in [1.29, 1.82) is 0 Å². The zero-order valence-corrected chi connectivity index (χ0v) is 15.2. The van der Waals surface area contributed by atoms with E-state index in [4.69, 9.17) is 4.74 Å². The molecule has 0 bridgehead atoms. The number of ether oxygens (including phenoxy) is 1. The molecule has 1 aromatic rings. The van der Waals surface area contributed by atoms with Crippen LogP contribution in [-0.4, -0.2) is 60.6 Å². The lowest BCUT2D eigenvalue weighted by molar-refractivity contribution is -0.135. The van der Waals surface area contributed by atoms with Gasteiger partial charge in [0.2, 0.25) is 5.91 Å². The van der Waals surface area contributed by atoms with Crippen molar-refractivity contribution in [3.63, 3.8) is 0 Å². The fourth-order valence-electron chi connectivity index (χ4n) is 3.15. The molecule has 2 rings (SSSR count). The summed E-state index contributed by atoms with van der Waals surface area (Å²) in [5.41, 5.74) is 0.820. The second-order valence-corrected chi connectivity index (χ2v) is 6.54. The molecule has 0 aliphatic carbocycles. The summed E-state index contributed by atoms with van der Waals surface area (Å²) in [6.07, 6.45) is 0. The standard InChI is InChI=1S/C18H27N3O3/c1-13(2)21(14(3)4)17(22)12-19-10-11-20(18(19)23)15-6-8-16(24-5)9-7-15/h6-9,13-14H,10-12H2,1-5H3. The Bertz CT molecular complexity index is 576. The van der Waals surface area contributed by atoms with Crippen molar-refractivity contribution in [3.8, 4) is 5.75 Å². The molecular weight excluding hydrogens is 306 g/mol. The Kier molecular flexibility index (Phi) is 5.70. The largest absolute Gasteiger partial charge is 0.497 e. The summed E-state index contributed by atoms with van der Waals surface area (Å²) in [5, 5.41) is 0. The van der Waals surface area contributed by atoms with Gasteiger partial charge in [0.1, 0.15) is 12.3 Å². The van der Waals surface area contributed by atoms with Crippen LogP contribution in [-0.2, 0) is 4.79 Å². The first kappa shape index (κ1) is 18.1. The van der Waals surface area contributed by atoms with Gasteiger partial charge in [0, 0.05) is 30.9 Å². The molecule has 0 N–H and O–H groups in total. The third-order valence-electron chi connectivity index (χ3n) is 4.21. The lowest BCUT2D eigenvalue weighted by atomic mass is 10.2. The number of amides is 3. The van der Waals surface area contributed by atoms with Crippen molar-refractivity contribution in [2.45, 2.75) is 39.8 Å². The smallest absolute Gasteiger partial charge is 0.325 e. The van der Waals surface area contributed by atoms with E-state index in [1.54, 1.807) is 16.9 Å². The van der Waals surface area contributed by atoms with Crippen molar-refractivity contribution in [3.05, 3.63) is 24.3 Å². The van der Waals surface area contributed by atoms with E-state index in [9.17, 15) is 9.59 Å². The van der Waals surface area contributed by atoms with Crippen LogP contribution < -0.4 is 9.64 Å². The monoisotopic (exact) mass is 333 g/mol. The normalized spacial score (nSPS) is 14.7. The van der Waals surface area contributed by atoms with Gasteiger partial charge in [0.05, 0.1) is 7.11 Å². The molecule has 1 fully saturated rings. The van der Waals surface area contributed by atoms with E-state index < -0.39 is 0 Å². The number of nitrogens with zero attached hydrogens (tertiary/aromatic N) is 3. The minimum atomic E-state index is -0.124. The quantitative estimate of drug-likeness (QED) is 0.804. The number of carbonyl (C=O) groups excluding carboxylic acids is 2. The number of benzene rings is 1. The van der Waals surface area contributed by atoms with Crippen LogP contribution in [0.15, 0.2) is 24.3 Å². The molecule has 0 unspecified atom stereocenters. The van der Waals surface area contributed by atoms with Crippen molar-refractivity contribution < 1.29 is 14.3 Å². The first-order chi connectivity index (χ1) is 11.3. The molecule has 0 saturated carbocycles. The fraction of sp³-hybridized carbons (Fsp3) is 0.556. The maximum absolute atomic E-state index is 12.6. The molecule has 0 atom stereocenters. The Morgan fingerprint density at radius 3 is 2.21 bits per heavy atom. The minimum absolute atomic E-state index is 0.00932. The van der Waals surface area contributed by atoms with Crippen LogP contribution in [0.1, 0.15) is 27.7 Å². The van der Waals surface area contributed by atoms with Gasteiger partial charge in [-0.3, -0.25) is 9.69 Å². The predicted octanol–water partition coefficient (Wildman–Crippen LogP) is 2.58. The number of methoxy groups -OCH3 is 1. The Balaban J connectivity index is 2.04. The molecule has 1 saturated heterocycles. The van der Waals surface area contributed by atoms with Crippen molar-refractivity contribution in [1.82, 2.24) is 9.80 Å². The van der Waals surface area contributed by atoms with Crippen LogP contribution >= 0.6 is 0 Å². The topological polar surface area (TPSA) is 53.1 Å². The Morgan fingerprint density at radius 1 is 1.12 bits per heavy atom. The van der Waals surface area contributed by atoms with E-state index in [0.29, 0.717) is 13.1 Å². The van der Waals surface area contributed by atoms with Crippen LogP contribution in [0.25, 0.3) is 0 Å². The second-order valence-electron chi connectivity index (χ2n) is 6.54. The highest BCUT2D eigenvalue weighted by Gasteiger charge is 2.32. The number of hydrogen-bond donors (Lipinski definition) is 0. The summed E-state index contributed by atoms with van der Waals surface area (Å²) in [6, 6.07) is 7.49. The van der Waals surface area contributed by atoms with Crippen LogP contribution in [0, 0.1) is 0 Å². The summed E-state index contributed by atoms with van der Waals surface area (Å²) in [6.45, 7) is 9.24. The molecule has 1 aromatic carbocycles. The first-order valence-electron chi connectivity index (χ1n) is 8.36. The van der Waals surface area contributed by atoms with Gasteiger partial charge in [0.15, 0.2) is 0 Å². The highest BCUT2D eigenvalue weighted by atomic mass is 16.5. The van der Waals surface area contributed by atoms with Gasteiger partial charge in [-0.15, -0.1) is 0 Å². The zero-order valence-electron chi connectivity index (χ0n) is 15.2. The molecule has 1 aliphatic rings. The maximum Gasteiger partial charge on any atom is 0.325 e. The summed E-state index contributed by atoms with van der Waals surface area (Å²) >= 11 is 0. The second kappa shape index (κ2) is 7.55. The van der Waals surface area contributed by atoms with Gasteiger partial charge in [-0.1, -0.05) is 0 Å². The Morgan fingerprint density at radius 2 is 1.71 bits per heavy atom. The predicted molar refractivity (Wildman–Crippen MR) is 94.4 cm³/mol. The molecule has 24 heavy (non-hydrogen) atoms. The van der Waals surface area contributed by atoms with E-state index >= 15 is 0 Å². The minimum Gasteiger partial charge on any atom is -0.497 e. The van der Waals surface area contributed by atoms with Crippen molar-refractivity contribution >= 4 is 17.6 Å². The van der Waals surface area contributed by atoms with Crippen LogP contribution in [0.4, 0.5) is 10.5 Å². The van der Waals surface area contributed by atoms with Gasteiger partial charge in [-0.2, -0.15) is 0 Å². The van der Waals surface area contributed by atoms with Gasteiger partial charge in [-0.25, -0.2) is 4.79 Å². The van der Waals surface area contributed by atoms with E-state index in [0.717, 1.165) is 11.4 Å². The molecule has 0 spiro atoms. The lowest BCUT2D eigenvalue weighted by Crippen LogP contribution is -2.48. The van der Waals surface area contributed by atoms with Crippen molar-refractivity contribution in [2.24, 2.45) is 0 Å². The summed E-state index contributed by atoms with van der Waals surface area (Å²) in [5.74, 6) is 0.742. The molecule has 0 radical (unpaired) electrons. The van der Waals surface area contributed by atoms with E-state index in [1.807, 2.05) is 56.9 Å². The van der Waals surface area contributed by atoms with Crippen molar-refractivity contribution in [2.75, 3.05) is 31.6 Å². The molecule has 6 nitrogen and oxygen atoms in total. The van der Waals surface area contributed by atoms with Crippen LogP contribution in [0.3, 0.4) is 0 Å². The molecule has 1 heterocycles. The zero-order chi connectivity index (χ0) is 17.9. The summed E-state index contributed by atoms with van der Waals surface area (Å²) < 4.78 is 5.14. The van der Waals surface area contributed by atoms with Gasteiger partial charge >= 0.3 is 6.03 Å². The SMILES string of the molecule is COc1ccc(N2CCN(CC(=O)N(C(C)C)C(C)C)C2=O)cc1. The highest BCUT2D eigenvalue weighted by Crippen LogP contribution is 2.23. The highest BCUT2D eigenvalue weighted by molar-refractivity contribution is 5.96. The van der Waals surface area contributed by atoms with Gasteiger partial charge < -0.3 is 14.5 Å². The molecule has 0 aromatic heterocycles. The van der Waals surface area contributed by atoms with Crippen LogP contribution in [0.2, 0.25) is 0 Å². The van der Waals surface area contributed by atoms with Crippen LogP contribution in [0.5, 0.6) is 5.75 Å². The van der Waals surface area contributed by atoms with Gasteiger partial charge in [-0.05, 0) is 52.0 Å². The third-order valence-corrected chi connectivity index (χ3v) is 4.21. The van der Waals surface area contributed by atoms with E-state index in [1.165, 1.54) is 0 Å². The fourth-order valence-corrected chi connectivity index (χ4v) is 3.15. The van der Waals surface area contributed by atoms with E-state index in [2.05, 4.69) is 0 Å². The summed E-state index contributed by atoms with van der Waals surface area (Å²) in [4.78, 5) is 30.3. The third kappa shape index (κ3) is 3.80. The molecule has 3 amide bonds. The molecular formula is C18H27N3O3. The molecule has 132 valence electrons. The average Bonchev–Trinajstić information content (AvgIpc) is 2.87. The lowest BCUT2D eigenvalue weighted by Gasteiger charge is -2.32. The van der Waals surface area contributed by atoms with Gasteiger partial charge in [0.25, 0.3) is 0 Å². The number of carbonyl (C=O) groups is 2. The Hall–Kier alpha value is -2.24.